The Balaban J connectivity index is 2.08. The van der Waals surface area contributed by atoms with E-state index in [4.69, 9.17) is 11.6 Å². The molecule has 1 heterocycles. The molecule has 1 saturated heterocycles. The molecule has 0 spiro atoms. The van der Waals surface area contributed by atoms with Gasteiger partial charge in [0.2, 0.25) is 0 Å². The summed E-state index contributed by atoms with van der Waals surface area (Å²) < 4.78 is 0. The first-order valence-electron chi connectivity index (χ1n) is 4.08. The highest BCUT2D eigenvalue weighted by atomic mass is 35.5. The highest BCUT2D eigenvalue weighted by molar-refractivity contribution is 6.33. The average Bonchev–Trinajstić information content (AvgIpc) is 2.91. The molecule has 13 heavy (non-hydrogen) atoms. The maximum atomic E-state index is 11.3. The number of nitrogens with zero attached hydrogens (tertiary/aromatic N) is 1. The number of amides is 2. The van der Waals surface area contributed by atoms with Crippen LogP contribution in [-0.2, 0) is 0 Å². The van der Waals surface area contributed by atoms with Crippen LogP contribution in [0, 0.1) is 0 Å². The summed E-state index contributed by atoms with van der Waals surface area (Å²) >= 11 is 5.86. The molecule has 0 aliphatic carbocycles. The van der Waals surface area contributed by atoms with Crippen molar-refractivity contribution in [2.24, 2.45) is 0 Å². The largest absolute Gasteiger partial charge is 0.322 e. The van der Waals surface area contributed by atoms with Gasteiger partial charge in [-0.2, -0.15) is 0 Å². The number of hydrogen-bond donors (Lipinski definition) is 1. The van der Waals surface area contributed by atoms with Crippen molar-refractivity contribution in [3.8, 4) is 0 Å². The Morgan fingerprint density at radius 2 is 2.08 bits per heavy atom. The lowest BCUT2D eigenvalue weighted by molar-refractivity contribution is 0.242. The van der Waals surface area contributed by atoms with Gasteiger partial charge in [-0.15, -0.1) is 0 Å². The standard InChI is InChI=1S/C9H9ClN2O/c10-7-3-1-2-4-8(7)11-9(13)12-5-6-12/h1-4H,5-6H2,(H,11,13). The summed E-state index contributed by atoms with van der Waals surface area (Å²) in [5.41, 5.74) is 0.668. The zero-order valence-electron chi connectivity index (χ0n) is 6.96. The van der Waals surface area contributed by atoms with Crippen LogP contribution >= 0.6 is 11.6 Å². The van der Waals surface area contributed by atoms with Gasteiger partial charge in [0.05, 0.1) is 10.7 Å². The summed E-state index contributed by atoms with van der Waals surface area (Å²) in [6.45, 7) is 1.69. The third kappa shape index (κ3) is 1.92. The summed E-state index contributed by atoms with van der Waals surface area (Å²) in [6, 6.07) is 7.12. The van der Waals surface area contributed by atoms with E-state index in [1.807, 2.05) is 12.1 Å². The van der Waals surface area contributed by atoms with Crippen molar-refractivity contribution in [3.63, 3.8) is 0 Å². The monoisotopic (exact) mass is 196 g/mol. The second kappa shape index (κ2) is 3.26. The predicted octanol–water partition coefficient (Wildman–Crippen LogP) is 2.19. The molecule has 4 heteroatoms. The van der Waals surface area contributed by atoms with Crippen LogP contribution in [-0.4, -0.2) is 24.0 Å². The van der Waals surface area contributed by atoms with Gasteiger partial charge in [0.1, 0.15) is 0 Å². The SMILES string of the molecule is O=C(Nc1ccccc1Cl)N1CC1. The minimum absolute atomic E-state index is 0.0758. The summed E-state index contributed by atoms with van der Waals surface area (Å²) in [7, 11) is 0. The van der Waals surface area contributed by atoms with E-state index < -0.39 is 0 Å². The van der Waals surface area contributed by atoms with Crippen molar-refractivity contribution in [1.82, 2.24) is 4.90 Å². The van der Waals surface area contributed by atoms with Crippen molar-refractivity contribution in [3.05, 3.63) is 29.3 Å². The van der Waals surface area contributed by atoms with Crippen LogP contribution in [0.5, 0.6) is 0 Å². The van der Waals surface area contributed by atoms with E-state index in [1.165, 1.54) is 0 Å². The fourth-order valence-electron chi connectivity index (χ4n) is 1.01. The van der Waals surface area contributed by atoms with Crippen LogP contribution in [0.25, 0.3) is 0 Å². The van der Waals surface area contributed by atoms with Crippen LogP contribution in [0.2, 0.25) is 5.02 Å². The van der Waals surface area contributed by atoms with Crippen LogP contribution in [0.1, 0.15) is 0 Å². The fraction of sp³-hybridized carbons (Fsp3) is 0.222. The van der Waals surface area contributed by atoms with E-state index in [2.05, 4.69) is 5.32 Å². The molecular weight excluding hydrogens is 188 g/mol. The molecule has 1 fully saturated rings. The molecule has 1 aliphatic rings. The Morgan fingerprint density at radius 1 is 1.38 bits per heavy atom. The molecule has 2 rings (SSSR count). The third-order valence-corrected chi connectivity index (χ3v) is 2.18. The maximum absolute atomic E-state index is 11.3. The molecule has 1 aliphatic heterocycles. The normalized spacial score (nSPS) is 14.1. The maximum Gasteiger partial charge on any atom is 0.322 e. The molecule has 0 bridgehead atoms. The molecule has 1 N–H and O–H groups in total. The number of carbonyl (C=O) groups excluding carboxylic acids is 1. The number of hydrogen-bond acceptors (Lipinski definition) is 1. The van der Waals surface area contributed by atoms with Crippen LogP contribution in [0.4, 0.5) is 10.5 Å². The molecular formula is C9H9ClN2O. The number of rotatable bonds is 1. The zero-order chi connectivity index (χ0) is 9.26. The molecule has 1 aromatic rings. The lowest BCUT2D eigenvalue weighted by Crippen LogP contribution is -2.18. The van der Waals surface area contributed by atoms with E-state index in [-0.39, 0.29) is 6.03 Å². The smallest absolute Gasteiger partial charge is 0.321 e. The van der Waals surface area contributed by atoms with Crippen molar-refractivity contribution in [2.75, 3.05) is 18.4 Å². The lowest BCUT2D eigenvalue weighted by Gasteiger charge is -2.06. The molecule has 0 unspecified atom stereocenters. The minimum Gasteiger partial charge on any atom is -0.321 e. The lowest BCUT2D eigenvalue weighted by atomic mass is 10.3. The van der Waals surface area contributed by atoms with E-state index in [0.717, 1.165) is 13.1 Å². The van der Waals surface area contributed by atoms with E-state index >= 15 is 0 Å². The number of para-hydroxylation sites is 1. The molecule has 0 saturated carbocycles. The molecule has 0 aromatic heterocycles. The summed E-state index contributed by atoms with van der Waals surface area (Å²) in [4.78, 5) is 13.0. The van der Waals surface area contributed by atoms with Gasteiger partial charge in [0, 0.05) is 13.1 Å². The molecule has 68 valence electrons. The number of nitrogens with one attached hydrogen (secondary N) is 1. The highest BCUT2D eigenvalue weighted by Crippen LogP contribution is 2.21. The summed E-state index contributed by atoms with van der Waals surface area (Å²) in [6.07, 6.45) is 0. The fourth-order valence-corrected chi connectivity index (χ4v) is 1.19. The minimum atomic E-state index is -0.0758. The van der Waals surface area contributed by atoms with Crippen LogP contribution in [0.15, 0.2) is 24.3 Å². The van der Waals surface area contributed by atoms with Crippen molar-refractivity contribution in [1.29, 1.82) is 0 Å². The van der Waals surface area contributed by atoms with E-state index in [0.29, 0.717) is 10.7 Å². The second-order valence-electron chi connectivity index (χ2n) is 2.90. The van der Waals surface area contributed by atoms with Gasteiger partial charge in [0.25, 0.3) is 0 Å². The van der Waals surface area contributed by atoms with E-state index in [9.17, 15) is 4.79 Å². The van der Waals surface area contributed by atoms with Gasteiger partial charge >= 0.3 is 6.03 Å². The van der Waals surface area contributed by atoms with Crippen molar-refractivity contribution in [2.45, 2.75) is 0 Å². The first-order valence-corrected chi connectivity index (χ1v) is 4.45. The first-order chi connectivity index (χ1) is 6.27. The van der Waals surface area contributed by atoms with Crippen molar-refractivity contribution < 1.29 is 4.79 Å². The summed E-state index contributed by atoms with van der Waals surface area (Å²) in [5.74, 6) is 0. The van der Waals surface area contributed by atoms with Crippen LogP contribution < -0.4 is 5.32 Å². The Hall–Kier alpha value is -1.22. The Kier molecular flexibility index (Phi) is 2.10. The van der Waals surface area contributed by atoms with E-state index in [1.54, 1.807) is 17.0 Å². The van der Waals surface area contributed by atoms with Gasteiger partial charge in [-0.1, -0.05) is 23.7 Å². The van der Waals surface area contributed by atoms with Gasteiger partial charge in [-0.05, 0) is 12.1 Å². The Bertz CT molecular complexity index is 336. The van der Waals surface area contributed by atoms with Gasteiger partial charge in [-0.3, -0.25) is 0 Å². The molecule has 2 amide bonds. The van der Waals surface area contributed by atoms with Gasteiger partial charge in [0.15, 0.2) is 0 Å². The molecule has 0 atom stereocenters. The number of benzene rings is 1. The predicted molar refractivity (Wildman–Crippen MR) is 52.0 cm³/mol. The highest BCUT2D eigenvalue weighted by Gasteiger charge is 2.24. The molecule has 0 radical (unpaired) electrons. The van der Waals surface area contributed by atoms with Gasteiger partial charge in [-0.25, -0.2) is 4.79 Å². The summed E-state index contributed by atoms with van der Waals surface area (Å²) in [5, 5.41) is 3.29. The Labute approximate surface area is 81.3 Å². The average molecular weight is 197 g/mol. The first kappa shape index (κ1) is 8.38. The zero-order valence-corrected chi connectivity index (χ0v) is 7.71. The quantitative estimate of drug-likeness (QED) is 0.687. The van der Waals surface area contributed by atoms with Crippen molar-refractivity contribution >= 4 is 23.3 Å². The third-order valence-electron chi connectivity index (χ3n) is 1.85. The number of anilines is 1. The number of halogens is 1. The second-order valence-corrected chi connectivity index (χ2v) is 3.30. The number of urea groups is 1. The van der Waals surface area contributed by atoms with Gasteiger partial charge < -0.3 is 10.2 Å². The number of carbonyl (C=O) groups is 1. The topological polar surface area (TPSA) is 32.1 Å². The Morgan fingerprint density at radius 3 is 2.69 bits per heavy atom. The van der Waals surface area contributed by atoms with Crippen LogP contribution in [0.3, 0.4) is 0 Å². The molecule has 1 aromatic carbocycles. The molecule has 3 nitrogen and oxygen atoms in total.